The van der Waals surface area contributed by atoms with E-state index < -0.39 is 0 Å². The highest BCUT2D eigenvalue weighted by Gasteiger charge is 1.98. The normalized spacial score (nSPS) is 12.5. The number of aromatic nitrogens is 2. The van der Waals surface area contributed by atoms with Crippen molar-refractivity contribution in [1.29, 1.82) is 0 Å². The fraction of sp³-hybridized carbons (Fsp3) is 0.429. The van der Waals surface area contributed by atoms with Crippen LogP contribution in [0.3, 0.4) is 0 Å². The second-order valence-electron chi connectivity index (χ2n) is 2.32. The number of aliphatic hydroxyl groups excluding tert-OH is 1. The summed E-state index contributed by atoms with van der Waals surface area (Å²) in [6.45, 7) is 1.96. The minimum absolute atomic E-state index is 0.0201. The number of hydrogen-bond acceptors (Lipinski definition) is 4. The van der Waals surface area contributed by atoms with Crippen LogP contribution in [0.1, 0.15) is 6.92 Å². The maximum absolute atomic E-state index is 8.69. The standard InChI is InChI=1S/C7H11N3O/c1-6(5-11)10-7-4-8-2-3-9-7/h2-4,6,11H,5H2,1H3,(H,9,10). The summed E-state index contributed by atoms with van der Waals surface area (Å²) >= 11 is 0. The Balaban J connectivity index is 2.51. The SMILES string of the molecule is CC(CO)Nc1cnccn1. The lowest BCUT2D eigenvalue weighted by Gasteiger charge is -2.09. The molecule has 1 aromatic rings. The van der Waals surface area contributed by atoms with E-state index in [-0.39, 0.29) is 12.6 Å². The van der Waals surface area contributed by atoms with Gasteiger partial charge in [0, 0.05) is 18.4 Å². The van der Waals surface area contributed by atoms with Gasteiger partial charge in [0.15, 0.2) is 0 Å². The molecule has 0 aliphatic carbocycles. The van der Waals surface area contributed by atoms with E-state index in [9.17, 15) is 0 Å². The third kappa shape index (κ3) is 2.51. The molecule has 11 heavy (non-hydrogen) atoms. The van der Waals surface area contributed by atoms with Crippen LogP contribution in [0.4, 0.5) is 5.82 Å². The second kappa shape index (κ2) is 3.88. The van der Waals surface area contributed by atoms with Crippen LogP contribution < -0.4 is 5.32 Å². The molecule has 0 fully saturated rings. The summed E-state index contributed by atoms with van der Waals surface area (Å²) in [5.41, 5.74) is 0. The summed E-state index contributed by atoms with van der Waals surface area (Å²) in [5, 5.41) is 11.7. The smallest absolute Gasteiger partial charge is 0.144 e. The van der Waals surface area contributed by atoms with Gasteiger partial charge in [-0.05, 0) is 6.92 Å². The van der Waals surface area contributed by atoms with Gasteiger partial charge in [0.1, 0.15) is 5.82 Å². The molecule has 4 heteroatoms. The highest BCUT2D eigenvalue weighted by atomic mass is 16.3. The summed E-state index contributed by atoms with van der Waals surface area (Å²) in [6, 6.07) is 0.0201. The molecule has 0 bridgehead atoms. The van der Waals surface area contributed by atoms with E-state index in [1.807, 2.05) is 6.92 Å². The summed E-state index contributed by atoms with van der Waals surface area (Å²) in [6.07, 6.45) is 4.83. The Bertz CT molecular complexity index is 202. The largest absolute Gasteiger partial charge is 0.394 e. The average molecular weight is 153 g/mol. The predicted octanol–water partition coefficient (Wildman–Crippen LogP) is 0.269. The van der Waals surface area contributed by atoms with Crippen molar-refractivity contribution >= 4 is 5.82 Å². The minimum Gasteiger partial charge on any atom is -0.394 e. The van der Waals surface area contributed by atoms with Gasteiger partial charge in [0.25, 0.3) is 0 Å². The maximum Gasteiger partial charge on any atom is 0.144 e. The number of rotatable bonds is 3. The molecule has 1 atom stereocenters. The Labute approximate surface area is 65.3 Å². The third-order valence-corrected chi connectivity index (χ3v) is 1.23. The Kier molecular flexibility index (Phi) is 2.80. The average Bonchev–Trinajstić information content (AvgIpc) is 2.06. The lowest BCUT2D eigenvalue weighted by Crippen LogP contribution is -2.19. The molecule has 0 spiro atoms. The van der Waals surface area contributed by atoms with Gasteiger partial charge >= 0.3 is 0 Å². The molecule has 1 aromatic heterocycles. The van der Waals surface area contributed by atoms with E-state index in [2.05, 4.69) is 15.3 Å². The Hall–Kier alpha value is -1.16. The molecule has 0 aliphatic heterocycles. The van der Waals surface area contributed by atoms with E-state index in [1.165, 1.54) is 0 Å². The van der Waals surface area contributed by atoms with Crippen LogP contribution in [-0.2, 0) is 0 Å². The van der Waals surface area contributed by atoms with Crippen molar-refractivity contribution in [2.45, 2.75) is 13.0 Å². The van der Waals surface area contributed by atoms with Gasteiger partial charge in [0.2, 0.25) is 0 Å². The predicted molar refractivity (Wildman–Crippen MR) is 42.2 cm³/mol. The molecule has 1 unspecified atom stereocenters. The molecule has 0 aromatic carbocycles. The van der Waals surface area contributed by atoms with E-state index in [0.717, 1.165) is 0 Å². The zero-order valence-electron chi connectivity index (χ0n) is 6.36. The van der Waals surface area contributed by atoms with Gasteiger partial charge in [-0.2, -0.15) is 0 Å². The van der Waals surface area contributed by atoms with Crippen LogP contribution in [0.25, 0.3) is 0 Å². The molecule has 60 valence electrons. The maximum atomic E-state index is 8.69. The molecule has 0 radical (unpaired) electrons. The van der Waals surface area contributed by atoms with Crippen molar-refractivity contribution in [2.24, 2.45) is 0 Å². The molecular weight excluding hydrogens is 142 g/mol. The molecule has 0 saturated carbocycles. The molecule has 4 nitrogen and oxygen atoms in total. The lowest BCUT2D eigenvalue weighted by molar-refractivity contribution is 0.281. The molecule has 1 rings (SSSR count). The zero-order chi connectivity index (χ0) is 8.10. The quantitative estimate of drug-likeness (QED) is 0.654. The first kappa shape index (κ1) is 7.94. The number of anilines is 1. The van der Waals surface area contributed by atoms with Crippen molar-refractivity contribution < 1.29 is 5.11 Å². The number of nitrogens with one attached hydrogen (secondary N) is 1. The molecule has 0 amide bonds. The van der Waals surface area contributed by atoms with Crippen LogP contribution in [0.2, 0.25) is 0 Å². The van der Waals surface area contributed by atoms with Crippen LogP contribution in [0, 0.1) is 0 Å². The second-order valence-corrected chi connectivity index (χ2v) is 2.32. The van der Waals surface area contributed by atoms with Crippen LogP contribution >= 0.6 is 0 Å². The monoisotopic (exact) mass is 153 g/mol. The molecule has 0 saturated heterocycles. The van der Waals surface area contributed by atoms with E-state index >= 15 is 0 Å². The van der Waals surface area contributed by atoms with Crippen LogP contribution in [0.15, 0.2) is 18.6 Å². The van der Waals surface area contributed by atoms with E-state index in [0.29, 0.717) is 5.82 Å². The first-order chi connectivity index (χ1) is 5.33. The van der Waals surface area contributed by atoms with Crippen LogP contribution in [0.5, 0.6) is 0 Å². The van der Waals surface area contributed by atoms with Gasteiger partial charge in [0.05, 0.1) is 12.8 Å². The fourth-order valence-electron chi connectivity index (χ4n) is 0.672. The Morgan fingerprint density at radius 1 is 1.64 bits per heavy atom. The molecule has 2 N–H and O–H groups in total. The third-order valence-electron chi connectivity index (χ3n) is 1.23. The minimum atomic E-state index is 0.0201. The Morgan fingerprint density at radius 3 is 3.00 bits per heavy atom. The fourth-order valence-corrected chi connectivity index (χ4v) is 0.672. The number of nitrogens with zero attached hydrogens (tertiary/aromatic N) is 2. The van der Waals surface area contributed by atoms with Crippen molar-refractivity contribution in [1.82, 2.24) is 9.97 Å². The van der Waals surface area contributed by atoms with Gasteiger partial charge in [-0.25, -0.2) is 4.98 Å². The van der Waals surface area contributed by atoms with Gasteiger partial charge in [-0.3, -0.25) is 4.98 Å². The van der Waals surface area contributed by atoms with Crippen LogP contribution in [-0.4, -0.2) is 27.7 Å². The van der Waals surface area contributed by atoms with Crippen molar-refractivity contribution in [3.63, 3.8) is 0 Å². The molecule has 1 heterocycles. The van der Waals surface area contributed by atoms with Gasteiger partial charge in [-0.15, -0.1) is 0 Å². The van der Waals surface area contributed by atoms with Gasteiger partial charge < -0.3 is 10.4 Å². The highest BCUT2D eigenvalue weighted by Crippen LogP contribution is 1.98. The molecular formula is C7H11N3O. The Morgan fingerprint density at radius 2 is 2.45 bits per heavy atom. The van der Waals surface area contributed by atoms with E-state index in [4.69, 9.17) is 5.11 Å². The topological polar surface area (TPSA) is 58.0 Å². The summed E-state index contributed by atoms with van der Waals surface area (Å²) < 4.78 is 0. The zero-order valence-corrected chi connectivity index (χ0v) is 6.36. The summed E-state index contributed by atoms with van der Waals surface area (Å²) in [4.78, 5) is 7.85. The van der Waals surface area contributed by atoms with Gasteiger partial charge in [-0.1, -0.05) is 0 Å². The first-order valence-electron chi connectivity index (χ1n) is 3.46. The first-order valence-corrected chi connectivity index (χ1v) is 3.46. The summed E-state index contributed by atoms with van der Waals surface area (Å²) in [7, 11) is 0. The lowest BCUT2D eigenvalue weighted by atomic mass is 10.4. The van der Waals surface area contributed by atoms with E-state index in [1.54, 1.807) is 18.6 Å². The number of hydrogen-bond donors (Lipinski definition) is 2. The van der Waals surface area contributed by atoms with Crippen molar-refractivity contribution in [3.05, 3.63) is 18.6 Å². The van der Waals surface area contributed by atoms with Crippen molar-refractivity contribution in [3.8, 4) is 0 Å². The number of aliphatic hydroxyl groups is 1. The summed E-state index contributed by atoms with van der Waals surface area (Å²) in [5.74, 6) is 0.689. The van der Waals surface area contributed by atoms with Crippen molar-refractivity contribution in [2.75, 3.05) is 11.9 Å². The molecule has 0 aliphatic rings. The highest BCUT2D eigenvalue weighted by molar-refractivity contribution is 5.30.